The molecule has 1 heterocycles. The summed E-state index contributed by atoms with van der Waals surface area (Å²) >= 11 is 1.41. The normalized spacial score (nSPS) is 15.1. The first-order valence-electron chi connectivity index (χ1n) is 12.9. The Morgan fingerprint density at radius 2 is 1.80 bits per heavy atom. The lowest BCUT2D eigenvalue weighted by Crippen LogP contribution is -2.38. The van der Waals surface area contributed by atoms with Crippen LogP contribution < -0.4 is 4.90 Å². The Bertz CT molecular complexity index is 1600. The van der Waals surface area contributed by atoms with Gasteiger partial charge in [-0.3, -0.25) is 4.79 Å². The van der Waals surface area contributed by atoms with Crippen LogP contribution in [0.4, 0.5) is 5.69 Å². The van der Waals surface area contributed by atoms with Crippen LogP contribution >= 0.6 is 24.2 Å². The second-order valence-corrected chi connectivity index (χ2v) is 10.8. The Kier molecular flexibility index (Phi) is 9.32. The fourth-order valence-corrected chi connectivity index (χ4v) is 5.94. The molecule has 3 aromatic rings. The summed E-state index contributed by atoms with van der Waals surface area (Å²) < 4.78 is 11.3. The van der Waals surface area contributed by atoms with Crippen LogP contribution in [0.25, 0.3) is 10.8 Å². The molecule has 3 aromatic carbocycles. The number of thioether (sulfide) groups is 1. The second kappa shape index (κ2) is 12.7. The first-order valence-corrected chi connectivity index (χ1v) is 13.7. The van der Waals surface area contributed by atoms with Gasteiger partial charge in [0.25, 0.3) is 5.91 Å². The van der Waals surface area contributed by atoms with E-state index in [9.17, 15) is 19.8 Å². The topological polar surface area (TPSA) is 99.5 Å². The van der Waals surface area contributed by atoms with Crippen LogP contribution in [0.2, 0.25) is 0 Å². The molecular formula is C31H31ClN2O6S. The van der Waals surface area contributed by atoms with Crippen molar-refractivity contribution in [1.29, 1.82) is 0 Å². The number of hydrogen-bond acceptors (Lipinski definition) is 8. The summed E-state index contributed by atoms with van der Waals surface area (Å²) in [6.45, 7) is 0.965. The van der Waals surface area contributed by atoms with Crippen LogP contribution in [0.3, 0.4) is 0 Å². The smallest absolute Gasteiger partial charge is 0.343 e. The van der Waals surface area contributed by atoms with E-state index in [4.69, 9.17) is 9.47 Å². The van der Waals surface area contributed by atoms with Crippen molar-refractivity contribution in [2.45, 2.75) is 17.7 Å². The molecule has 214 valence electrons. The molecule has 0 aromatic heterocycles. The number of methoxy groups -OCH3 is 1. The molecule has 0 atom stereocenters. The number of phenols is 2. The molecule has 0 unspecified atom stereocenters. The van der Waals surface area contributed by atoms with Gasteiger partial charge in [-0.2, -0.15) is 0 Å². The number of esters is 1. The maximum atomic E-state index is 14.3. The number of halogens is 1. The molecule has 0 saturated heterocycles. The van der Waals surface area contributed by atoms with Crippen LogP contribution in [0.5, 0.6) is 11.5 Å². The molecular weight excluding hydrogens is 564 g/mol. The zero-order valence-corrected chi connectivity index (χ0v) is 24.6. The summed E-state index contributed by atoms with van der Waals surface area (Å²) in [6, 6.07) is 15.6. The van der Waals surface area contributed by atoms with E-state index in [1.807, 2.05) is 67.5 Å². The highest BCUT2D eigenvalue weighted by Gasteiger charge is 2.35. The maximum absolute atomic E-state index is 14.3. The summed E-state index contributed by atoms with van der Waals surface area (Å²) in [7, 11) is 5.49. The van der Waals surface area contributed by atoms with E-state index in [1.54, 1.807) is 12.0 Å². The molecule has 0 radical (unpaired) electrons. The SMILES string of the molecule is COC1=CC=C(C2=C(OC(=O)c3ccc(O)c(O)c3)C(=O)N(CCN(C)C)c3ccc4ccccc4c3S2)CC1.Cl. The predicted molar refractivity (Wildman–Crippen MR) is 163 cm³/mol. The molecule has 0 bridgehead atoms. The van der Waals surface area contributed by atoms with E-state index in [0.717, 1.165) is 38.8 Å². The number of amides is 1. The Morgan fingerprint density at radius 1 is 1.02 bits per heavy atom. The zero-order chi connectivity index (χ0) is 28.4. The number of hydrogen-bond donors (Lipinski definition) is 2. The van der Waals surface area contributed by atoms with Crippen molar-refractivity contribution in [3.63, 3.8) is 0 Å². The van der Waals surface area contributed by atoms with Crippen molar-refractivity contribution < 1.29 is 29.3 Å². The number of rotatable bonds is 7. The summed E-state index contributed by atoms with van der Waals surface area (Å²) in [5, 5.41) is 21.7. The number of aromatic hydroxyl groups is 2. The van der Waals surface area contributed by atoms with Crippen LogP contribution in [-0.4, -0.2) is 61.3 Å². The van der Waals surface area contributed by atoms with Gasteiger partial charge in [-0.25, -0.2) is 4.79 Å². The summed E-state index contributed by atoms with van der Waals surface area (Å²) in [5.74, 6) is -1.32. The van der Waals surface area contributed by atoms with Crippen molar-refractivity contribution >= 4 is 52.5 Å². The lowest BCUT2D eigenvalue weighted by Gasteiger charge is -2.25. The molecule has 0 saturated carbocycles. The van der Waals surface area contributed by atoms with Crippen molar-refractivity contribution in [2.24, 2.45) is 0 Å². The number of carbonyl (C=O) groups is 2. The van der Waals surface area contributed by atoms with Crippen molar-refractivity contribution in [3.8, 4) is 11.5 Å². The molecule has 0 spiro atoms. The minimum absolute atomic E-state index is 0. The number of likely N-dealkylation sites (N-methyl/N-ethyl adjacent to an activating group) is 1. The van der Waals surface area contributed by atoms with E-state index in [-0.39, 0.29) is 29.5 Å². The molecule has 1 aliphatic heterocycles. The number of benzene rings is 3. The third-order valence-electron chi connectivity index (χ3n) is 6.84. The quantitative estimate of drug-likeness (QED) is 0.254. The van der Waals surface area contributed by atoms with E-state index < -0.39 is 17.6 Å². The minimum Gasteiger partial charge on any atom is -0.504 e. The molecule has 1 aliphatic carbocycles. The van der Waals surface area contributed by atoms with Gasteiger partial charge < -0.3 is 29.5 Å². The number of nitrogens with zero attached hydrogens (tertiary/aromatic N) is 2. The van der Waals surface area contributed by atoms with Gasteiger partial charge in [0.2, 0.25) is 5.76 Å². The van der Waals surface area contributed by atoms with Gasteiger partial charge in [-0.05, 0) is 67.2 Å². The van der Waals surface area contributed by atoms with E-state index >= 15 is 0 Å². The Balaban J connectivity index is 0.00000387. The standard InChI is InChI=1S/C31H30N2O6S.ClH/c1-32(2)16-17-33-24-14-10-19-6-4-5-7-23(19)29(24)40-28(20-8-12-22(38-3)13-9-20)27(30(33)36)39-31(37)21-11-15-25(34)26(35)18-21;/h4-8,10-12,14-15,18,34-35H,9,13,16-17H2,1-3H3;1H. The third-order valence-corrected chi connectivity index (χ3v) is 8.13. The van der Waals surface area contributed by atoms with Gasteiger partial charge in [-0.1, -0.05) is 48.2 Å². The number of anilines is 1. The number of allylic oxidation sites excluding steroid dienone is 4. The highest BCUT2D eigenvalue weighted by atomic mass is 35.5. The van der Waals surface area contributed by atoms with Gasteiger partial charge >= 0.3 is 5.97 Å². The number of carbonyl (C=O) groups excluding carboxylic acids is 2. The molecule has 5 rings (SSSR count). The largest absolute Gasteiger partial charge is 0.504 e. The first-order chi connectivity index (χ1) is 19.3. The Labute approximate surface area is 248 Å². The lowest BCUT2D eigenvalue weighted by molar-refractivity contribution is -0.117. The predicted octanol–water partition coefficient (Wildman–Crippen LogP) is 5.99. The Morgan fingerprint density at radius 3 is 2.49 bits per heavy atom. The number of ether oxygens (including phenoxy) is 2. The average Bonchev–Trinajstić information content (AvgIpc) is 3.07. The molecule has 2 aliphatic rings. The van der Waals surface area contributed by atoms with Crippen LogP contribution in [-0.2, 0) is 14.3 Å². The monoisotopic (exact) mass is 594 g/mol. The average molecular weight is 595 g/mol. The Hall–Kier alpha value is -3.92. The molecule has 0 fully saturated rings. The number of phenolic OH excluding ortho intramolecular Hbond substituents is 2. The highest BCUT2D eigenvalue weighted by molar-refractivity contribution is 8.03. The maximum Gasteiger partial charge on any atom is 0.343 e. The van der Waals surface area contributed by atoms with Crippen molar-refractivity contribution in [3.05, 3.63) is 94.3 Å². The zero-order valence-electron chi connectivity index (χ0n) is 22.9. The van der Waals surface area contributed by atoms with Gasteiger partial charge in [0.1, 0.15) is 0 Å². The van der Waals surface area contributed by atoms with Crippen LogP contribution in [0, 0.1) is 0 Å². The lowest BCUT2D eigenvalue weighted by atomic mass is 10.0. The highest BCUT2D eigenvalue weighted by Crippen LogP contribution is 2.48. The summed E-state index contributed by atoms with van der Waals surface area (Å²) in [6.07, 6.45) is 5.00. The fourth-order valence-electron chi connectivity index (χ4n) is 4.63. The van der Waals surface area contributed by atoms with Gasteiger partial charge in [0.15, 0.2) is 11.5 Å². The van der Waals surface area contributed by atoms with Crippen LogP contribution in [0.1, 0.15) is 23.2 Å². The summed E-state index contributed by atoms with van der Waals surface area (Å²) in [5.41, 5.74) is 1.60. The van der Waals surface area contributed by atoms with E-state index in [1.165, 1.54) is 23.9 Å². The van der Waals surface area contributed by atoms with Gasteiger partial charge in [0.05, 0.1) is 29.0 Å². The molecule has 1 amide bonds. The van der Waals surface area contributed by atoms with Gasteiger partial charge in [-0.15, -0.1) is 12.4 Å². The minimum atomic E-state index is -0.815. The van der Waals surface area contributed by atoms with Crippen LogP contribution in [0.15, 0.2) is 93.6 Å². The van der Waals surface area contributed by atoms with Crippen molar-refractivity contribution in [2.75, 3.05) is 39.2 Å². The fraction of sp³-hybridized carbons (Fsp3) is 0.226. The molecule has 8 nitrogen and oxygen atoms in total. The summed E-state index contributed by atoms with van der Waals surface area (Å²) in [4.78, 5) is 32.8. The molecule has 41 heavy (non-hydrogen) atoms. The first kappa shape index (κ1) is 30.0. The number of fused-ring (bicyclic) bond motifs is 3. The van der Waals surface area contributed by atoms with Crippen molar-refractivity contribution in [1.82, 2.24) is 4.90 Å². The second-order valence-electron chi connectivity index (χ2n) is 9.78. The third kappa shape index (κ3) is 6.22. The van der Waals surface area contributed by atoms with E-state index in [0.29, 0.717) is 30.8 Å². The molecule has 10 heteroatoms. The van der Waals surface area contributed by atoms with E-state index in [2.05, 4.69) is 0 Å². The van der Waals surface area contributed by atoms with Gasteiger partial charge in [0, 0.05) is 24.4 Å². The molecule has 2 N–H and O–H groups in total.